The smallest absolute Gasteiger partial charge is 0.00493 e. The minimum absolute atomic E-state index is 0.873. The van der Waals surface area contributed by atoms with Crippen molar-refractivity contribution in [3.8, 4) is 0 Å². The van der Waals surface area contributed by atoms with E-state index in [1.165, 1.54) is 12.8 Å². The minimum Gasteiger partial charge on any atom is -0.320 e. The molecule has 1 N–H and O–H groups in total. The van der Waals surface area contributed by atoms with Gasteiger partial charge in [0.1, 0.15) is 0 Å². The molecule has 1 heteroatoms. The van der Waals surface area contributed by atoms with Crippen LogP contribution in [-0.2, 0) is 0 Å². The molecule has 0 aliphatic heterocycles. The normalized spacial score (nSPS) is 16.8. The fourth-order valence-corrected chi connectivity index (χ4v) is 1.06. The number of rotatable bonds is 5. The van der Waals surface area contributed by atoms with Crippen LogP contribution < -0.4 is 5.32 Å². The maximum absolute atomic E-state index is 3.18. The van der Waals surface area contributed by atoms with Crippen LogP contribution in [0.5, 0.6) is 0 Å². The van der Waals surface area contributed by atoms with Crippen LogP contribution in [-0.4, -0.2) is 13.6 Å². The average Bonchev–Trinajstić information content (AvgIpc) is 1.98. The summed E-state index contributed by atoms with van der Waals surface area (Å²) in [4.78, 5) is 0. The first-order valence-electron chi connectivity index (χ1n) is 4.37. The van der Waals surface area contributed by atoms with Crippen molar-refractivity contribution < 1.29 is 0 Å². The summed E-state index contributed by atoms with van der Waals surface area (Å²) in [6.45, 7) is 8.10. The van der Waals surface area contributed by atoms with Gasteiger partial charge in [-0.05, 0) is 31.8 Å². The molecule has 0 aromatic carbocycles. The first-order valence-corrected chi connectivity index (χ1v) is 4.37. The third-order valence-electron chi connectivity index (χ3n) is 2.47. The van der Waals surface area contributed by atoms with Crippen LogP contribution in [0.4, 0.5) is 0 Å². The highest BCUT2D eigenvalue weighted by Gasteiger charge is 2.08. The Morgan fingerprint density at radius 3 is 2.20 bits per heavy atom. The lowest BCUT2D eigenvalue weighted by atomic mass is 9.91. The summed E-state index contributed by atoms with van der Waals surface area (Å²) in [6, 6.07) is 0. The van der Waals surface area contributed by atoms with Crippen molar-refractivity contribution in [1.82, 2.24) is 5.32 Å². The molecule has 0 aliphatic carbocycles. The highest BCUT2D eigenvalue weighted by Crippen LogP contribution is 2.16. The Labute approximate surface area is 65.2 Å². The van der Waals surface area contributed by atoms with E-state index in [-0.39, 0.29) is 0 Å². The van der Waals surface area contributed by atoms with Gasteiger partial charge in [0.25, 0.3) is 0 Å². The van der Waals surface area contributed by atoms with Gasteiger partial charge in [0.15, 0.2) is 0 Å². The van der Waals surface area contributed by atoms with Gasteiger partial charge in [-0.3, -0.25) is 0 Å². The molecule has 0 aliphatic rings. The predicted molar refractivity (Wildman–Crippen MR) is 47.2 cm³/mol. The minimum atomic E-state index is 0.873. The van der Waals surface area contributed by atoms with Crippen LogP contribution >= 0.6 is 0 Å². The van der Waals surface area contributed by atoms with Crippen LogP contribution in [0.2, 0.25) is 0 Å². The molecule has 0 amide bonds. The Hall–Kier alpha value is -0.0400. The molecule has 0 saturated heterocycles. The lowest BCUT2D eigenvalue weighted by molar-refractivity contribution is 0.352. The largest absolute Gasteiger partial charge is 0.320 e. The van der Waals surface area contributed by atoms with Crippen LogP contribution in [0, 0.1) is 11.8 Å². The highest BCUT2D eigenvalue weighted by molar-refractivity contribution is 4.60. The second kappa shape index (κ2) is 5.72. The SMILES string of the molecule is CCC(C)C(C)CCNC. The molecule has 0 heterocycles. The zero-order valence-electron chi connectivity index (χ0n) is 7.78. The molecule has 1 nitrogen and oxygen atoms in total. The van der Waals surface area contributed by atoms with Gasteiger partial charge < -0.3 is 5.32 Å². The van der Waals surface area contributed by atoms with Gasteiger partial charge in [-0.25, -0.2) is 0 Å². The molecule has 0 saturated carbocycles. The molecule has 0 bridgehead atoms. The Bertz CT molecular complexity index is 71.1. The Morgan fingerprint density at radius 2 is 1.80 bits per heavy atom. The van der Waals surface area contributed by atoms with Gasteiger partial charge >= 0.3 is 0 Å². The van der Waals surface area contributed by atoms with Gasteiger partial charge in [-0.15, -0.1) is 0 Å². The monoisotopic (exact) mass is 143 g/mol. The quantitative estimate of drug-likeness (QED) is 0.622. The summed E-state index contributed by atoms with van der Waals surface area (Å²) in [5.41, 5.74) is 0. The molecule has 0 spiro atoms. The second-order valence-corrected chi connectivity index (χ2v) is 3.26. The van der Waals surface area contributed by atoms with Gasteiger partial charge in [-0.1, -0.05) is 27.2 Å². The summed E-state index contributed by atoms with van der Waals surface area (Å²) in [5.74, 6) is 1.76. The van der Waals surface area contributed by atoms with Crippen LogP contribution in [0.3, 0.4) is 0 Å². The summed E-state index contributed by atoms with van der Waals surface area (Å²) >= 11 is 0. The lowest BCUT2D eigenvalue weighted by Gasteiger charge is -2.17. The molecule has 10 heavy (non-hydrogen) atoms. The van der Waals surface area contributed by atoms with E-state index in [9.17, 15) is 0 Å². The summed E-state index contributed by atoms with van der Waals surface area (Å²) in [5, 5.41) is 3.18. The van der Waals surface area contributed by atoms with E-state index in [2.05, 4.69) is 26.1 Å². The van der Waals surface area contributed by atoms with Crippen LogP contribution in [0.25, 0.3) is 0 Å². The average molecular weight is 143 g/mol. The van der Waals surface area contributed by atoms with Crippen molar-refractivity contribution >= 4 is 0 Å². The van der Waals surface area contributed by atoms with E-state index >= 15 is 0 Å². The van der Waals surface area contributed by atoms with E-state index in [1.807, 2.05) is 7.05 Å². The molecular weight excluding hydrogens is 122 g/mol. The summed E-state index contributed by atoms with van der Waals surface area (Å²) in [7, 11) is 2.02. The van der Waals surface area contributed by atoms with Crippen LogP contribution in [0.15, 0.2) is 0 Å². The zero-order chi connectivity index (χ0) is 7.98. The second-order valence-electron chi connectivity index (χ2n) is 3.26. The fourth-order valence-electron chi connectivity index (χ4n) is 1.06. The molecule has 0 rings (SSSR count). The zero-order valence-corrected chi connectivity index (χ0v) is 7.78. The molecular formula is C9H21N. The molecule has 2 atom stereocenters. The summed E-state index contributed by atoms with van der Waals surface area (Å²) < 4.78 is 0. The van der Waals surface area contributed by atoms with Crippen molar-refractivity contribution in [2.45, 2.75) is 33.6 Å². The highest BCUT2D eigenvalue weighted by atomic mass is 14.8. The molecule has 0 fully saturated rings. The van der Waals surface area contributed by atoms with Crippen molar-refractivity contribution in [2.75, 3.05) is 13.6 Å². The maximum atomic E-state index is 3.18. The van der Waals surface area contributed by atoms with Crippen molar-refractivity contribution in [3.05, 3.63) is 0 Å². The van der Waals surface area contributed by atoms with Gasteiger partial charge in [0.05, 0.1) is 0 Å². The standard InChI is InChI=1S/C9H21N/c1-5-8(2)9(3)6-7-10-4/h8-10H,5-7H2,1-4H3. The van der Waals surface area contributed by atoms with Crippen molar-refractivity contribution in [1.29, 1.82) is 0 Å². The van der Waals surface area contributed by atoms with Crippen molar-refractivity contribution in [2.24, 2.45) is 11.8 Å². The topological polar surface area (TPSA) is 12.0 Å². The molecule has 0 aromatic heterocycles. The Balaban J connectivity index is 3.31. The van der Waals surface area contributed by atoms with Gasteiger partial charge in [0.2, 0.25) is 0 Å². The molecule has 0 aromatic rings. The molecule has 62 valence electrons. The van der Waals surface area contributed by atoms with E-state index in [1.54, 1.807) is 0 Å². The van der Waals surface area contributed by atoms with E-state index in [0.717, 1.165) is 18.4 Å². The molecule has 0 radical (unpaired) electrons. The number of hydrogen-bond acceptors (Lipinski definition) is 1. The first-order chi connectivity index (χ1) is 4.72. The van der Waals surface area contributed by atoms with E-state index < -0.39 is 0 Å². The van der Waals surface area contributed by atoms with E-state index in [0.29, 0.717) is 0 Å². The Kier molecular flexibility index (Phi) is 5.70. The van der Waals surface area contributed by atoms with Gasteiger partial charge in [0, 0.05) is 0 Å². The third kappa shape index (κ3) is 3.89. The first kappa shape index (κ1) is 9.96. The van der Waals surface area contributed by atoms with Crippen LogP contribution in [0.1, 0.15) is 33.6 Å². The van der Waals surface area contributed by atoms with Crippen molar-refractivity contribution in [3.63, 3.8) is 0 Å². The van der Waals surface area contributed by atoms with Gasteiger partial charge in [-0.2, -0.15) is 0 Å². The maximum Gasteiger partial charge on any atom is -0.00493 e. The van der Waals surface area contributed by atoms with E-state index in [4.69, 9.17) is 0 Å². The lowest BCUT2D eigenvalue weighted by Crippen LogP contribution is -2.15. The number of nitrogens with one attached hydrogen (secondary N) is 1. The third-order valence-corrected chi connectivity index (χ3v) is 2.47. The molecule has 2 unspecified atom stereocenters. The number of hydrogen-bond donors (Lipinski definition) is 1. The summed E-state index contributed by atoms with van der Waals surface area (Å²) in [6.07, 6.45) is 2.62. The Morgan fingerprint density at radius 1 is 1.20 bits per heavy atom. The fraction of sp³-hybridized carbons (Fsp3) is 1.00. The predicted octanol–water partition coefficient (Wildman–Crippen LogP) is 2.28.